The first kappa shape index (κ1) is 15.7. The van der Waals surface area contributed by atoms with Gasteiger partial charge >= 0.3 is 0 Å². The molecule has 1 aliphatic carbocycles. The Morgan fingerprint density at radius 2 is 2.10 bits per heavy atom. The normalized spacial score (nSPS) is 31.9. The first-order valence-corrected chi connectivity index (χ1v) is 8.39. The molecule has 0 amide bonds. The third kappa shape index (κ3) is 3.69. The minimum absolute atomic E-state index is 0.328. The Balaban J connectivity index is 2.10. The lowest BCUT2D eigenvalue weighted by atomic mass is 9.76. The van der Waals surface area contributed by atoms with E-state index in [4.69, 9.17) is 4.99 Å². The molecule has 2 aliphatic rings. The first-order chi connectivity index (χ1) is 9.70. The predicted molar refractivity (Wildman–Crippen MR) is 87.9 cm³/mol. The Labute approximate surface area is 124 Å². The number of aliphatic imine (C=N–C) groups is 2. The van der Waals surface area contributed by atoms with E-state index in [0.717, 1.165) is 19.1 Å². The molecule has 114 valence electrons. The molecule has 0 aromatic carbocycles. The summed E-state index contributed by atoms with van der Waals surface area (Å²) in [6.45, 7) is 12.5. The van der Waals surface area contributed by atoms with Gasteiger partial charge in [-0.25, -0.2) is 0 Å². The van der Waals surface area contributed by atoms with Gasteiger partial charge in [0.05, 0.1) is 13.2 Å². The molecule has 20 heavy (non-hydrogen) atoms. The van der Waals surface area contributed by atoms with Gasteiger partial charge in [-0.2, -0.15) is 0 Å². The van der Waals surface area contributed by atoms with Crippen molar-refractivity contribution in [1.82, 2.24) is 4.90 Å². The lowest BCUT2D eigenvalue weighted by molar-refractivity contribution is 0.339. The summed E-state index contributed by atoms with van der Waals surface area (Å²) in [6.07, 6.45) is 9.13. The van der Waals surface area contributed by atoms with Crippen LogP contribution in [0.5, 0.6) is 0 Å². The van der Waals surface area contributed by atoms with E-state index < -0.39 is 0 Å². The van der Waals surface area contributed by atoms with Crippen LogP contribution in [0.2, 0.25) is 0 Å². The maximum Gasteiger partial charge on any atom is 0.0909 e. The second kappa shape index (κ2) is 7.35. The van der Waals surface area contributed by atoms with Gasteiger partial charge in [-0.1, -0.05) is 20.3 Å². The lowest BCUT2D eigenvalue weighted by Gasteiger charge is -2.31. The van der Waals surface area contributed by atoms with Crippen LogP contribution in [-0.4, -0.2) is 43.6 Å². The van der Waals surface area contributed by atoms with Gasteiger partial charge in [-0.3, -0.25) is 14.9 Å². The van der Waals surface area contributed by atoms with Gasteiger partial charge in [-0.05, 0) is 64.2 Å². The number of rotatable bonds is 7. The average Bonchev–Trinajstić information content (AvgIpc) is 3.06. The van der Waals surface area contributed by atoms with Crippen molar-refractivity contribution in [2.45, 2.75) is 58.8 Å². The molecule has 0 spiro atoms. The van der Waals surface area contributed by atoms with Crippen LogP contribution in [0.25, 0.3) is 0 Å². The van der Waals surface area contributed by atoms with E-state index in [0.29, 0.717) is 5.41 Å². The molecule has 1 saturated heterocycles. The van der Waals surface area contributed by atoms with E-state index >= 15 is 0 Å². The van der Waals surface area contributed by atoms with Crippen molar-refractivity contribution in [3.8, 4) is 0 Å². The fourth-order valence-corrected chi connectivity index (χ4v) is 4.11. The molecule has 0 aromatic heterocycles. The highest BCUT2D eigenvalue weighted by atomic mass is 15.2. The van der Waals surface area contributed by atoms with Gasteiger partial charge in [0.2, 0.25) is 0 Å². The fraction of sp³-hybridized carbons (Fsp3) is 0.882. The Kier molecular flexibility index (Phi) is 5.76. The smallest absolute Gasteiger partial charge is 0.0909 e. The van der Waals surface area contributed by atoms with E-state index in [1.807, 2.05) is 0 Å². The Morgan fingerprint density at radius 3 is 2.65 bits per heavy atom. The van der Waals surface area contributed by atoms with Crippen molar-refractivity contribution in [3.63, 3.8) is 0 Å². The Hall–Kier alpha value is -0.700. The standard InChI is InChI=1S/C17H31N3/c1-4-8-17(9-7-15(2)12-17)16(13-18-3)19-14-20-10-5-6-11-20/h15H,3-14H2,1-2H3/b19-16+. The summed E-state index contributed by atoms with van der Waals surface area (Å²) in [5.74, 6) is 0.836. The van der Waals surface area contributed by atoms with E-state index in [1.54, 1.807) is 0 Å². The van der Waals surface area contributed by atoms with Gasteiger partial charge in [0.1, 0.15) is 0 Å². The van der Waals surface area contributed by atoms with Gasteiger partial charge < -0.3 is 0 Å². The molecule has 1 aliphatic heterocycles. The van der Waals surface area contributed by atoms with E-state index in [-0.39, 0.29) is 0 Å². The maximum atomic E-state index is 5.01. The van der Waals surface area contributed by atoms with Crippen LogP contribution in [-0.2, 0) is 0 Å². The molecule has 2 rings (SSSR count). The molecule has 1 heterocycles. The highest BCUT2D eigenvalue weighted by molar-refractivity contribution is 5.92. The number of hydrogen-bond donors (Lipinski definition) is 0. The summed E-state index contributed by atoms with van der Waals surface area (Å²) in [5.41, 5.74) is 1.67. The summed E-state index contributed by atoms with van der Waals surface area (Å²) in [7, 11) is 0. The third-order valence-electron chi connectivity index (χ3n) is 5.12. The van der Waals surface area contributed by atoms with Crippen LogP contribution < -0.4 is 0 Å². The fourth-order valence-electron chi connectivity index (χ4n) is 4.11. The van der Waals surface area contributed by atoms with Gasteiger partial charge in [0, 0.05) is 11.1 Å². The van der Waals surface area contributed by atoms with E-state index in [9.17, 15) is 0 Å². The molecular formula is C17H31N3. The monoisotopic (exact) mass is 277 g/mol. The Morgan fingerprint density at radius 1 is 1.35 bits per heavy atom. The molecule has 1 saturated carbocycles. The minimum atomic E-state index is 0.328. The summed E-state index contributed by atoms with van der Waals surface area (Å²) < 4.78 is 0. The molecule has 0 N–H and O–H groups in total. The average molecular weight is 277 g/mol. The van der Waals surface area contributed by atoms with Crippen molar-refractivity contribution in [1.29, 1.82) is 0 Å². The number of hydrogen-bond acceptors (Lipinski definition) is 3. The van der Waals surface area contributed by atoms with Crippen LogP contribution in [0.4, 0.5) is 0 Å². The minimum Gasteiger partial charge on any atom is -0.295 e. The summed E-state index contributed by atoms with van der Waals surface area (Å²) >= 11 is 0. The molecule has 0 radical (unpaired) electrons. The van der Waals surface area contributed by atoms with Crippen LogP contribution in [0, 0.1) is 11.3 Å². The zero-order chi connectivity index (χ0) is 14.4. The number of nitrogens with zero attached hydrogens (tertiary/aromatic N) is 3. The van der Waals surface area contributed by atoms with Crippen molar-refractivity contribution >= 4 is 12.4 Å². The largest absolute Gasteiger partial charge is 0.295 e. The molecular weight excluding hydrogens is 246 g/mol. The van der Waals surface area contributed by atoms with Crippen LogP contribution in [0.3, 0.4) is 0 Å². The van der Waals surface area contributed by atoms with Gasteiger partial charge in [0.25, 0.3) is 0 Å². The van der Waals surface area contributed by atoms with Gasteiger partial charge in [0.15, 0.2) is 0 Å². The third-order valence-corrected chi connectivity index (χ3v) is 5.12. The zero-order valence-corrected chi connectivity index (χ0v) is 13.4. The van der Waals surface area contributed by atoms with Crippen LogP contribution in [0.1, 0.15) is 58.8 Å². The summed E-state index contributed by atoms with van der Waals surface area (Å²) in [4.78, 5) is 11.7. The summed E-state index contributed by atoms with van der Waals surface area (Å²) in [5, 5.41) is 0. The first-order valence-electron chi connectivity index (χ1n) is 8.39. The second-order valence-electron chi connectivity index (χ2n) is 6.83. The van der Waals surface area contributed by atoms with Crippen molar-refractivity contribution < 1.29 is 0 Å². The van der Waals surface area contributed by atoms with Crippen molar-refractivity contribution in [3.05, 3.63) is 0 Å². The molecule has 3 heteroatoms. The molecule has 0 aromatic rings. The van der Waals surface area contributed by atoms with Crippen LogP contribution >= 0.6 is 0 Å². The van der Waals surface area contributed by atoms with Crippen molar-refractivity contribution in [2.24, 2.45) is 21.3 Å². The van der Waals surface area contributed by atoms with Crippen molar-refractivity contribution in [2.75, 3.05) is 26.3 Å². The Bertz CT molecular complexity index is 340. The van der Waals surface area contributed by atoms with E-state index in [2.05, 4.69) is 30.5 Å². The predicted octanol–water partition coefficient (Wildman–Crippen LogP) is 3.79. The SMILES string of the molecule is C=NC/C(=N\CN1CCCC1)C1(CCC)CCC(C)C1. The number of likely N-dealkylation sites (tertiary alicyclic amines) is 1. The summed E-state index contributed by atoms with van der Waals surface area (Å²) in [6, 6.07) is 0. The van der Waals surface area contributed by atoms with Gasteiger partial charge in [-0.15, -0.1) is 0 Å². The topological polar surface area (TPSA) is 28.0 Å². The van der Waals surface area contributed by atoms with E-state index in [1.165, 1.54) is 63.7 Å². The quantitative estimate of drug-likeness (QED) is 0.651. The van der Waals surface area contributed by atoms with Crippen LogP contribution in [0.15, 0.2) is 9.98 Å². The maximum absolute atomic E-state index is 5.01. The molecule has 3 nitrogen and oxygen atoms in total. The highest BCUT2D eigenvalue weighted by Gasteiger charge is 2.40. The molecule has 0 bridgehead atoms. The highest BCUT2D eigenvalue weighted by Crippen LogP contribution is 2.46. The molecule has 2 fully saturated rings. The lowest BCUT2D eigenvalue weighted by Crippen LogP contribution is -2.32. The molecule has 2 unspecified atom stereocenters. The molecule has 2 atom stereocenters. The zero-order valence-electron chi connectivity index (χ0n) is 13.4. The second-order valence-corrected chi connectivity index (χ2v) is 6.83.